The first-order valence-corrected chi connectivity index (χ1v) is 12.6. The molecule has 4 rings (SSSR count). The van der Waals surface area contributed by atoms with E-state index in [4.69, 9.17) is 14.5 Å². The molecular weight excluding hydrogens is 512 g/mol. The smallest absolute Gasteiger partial charge is 0.410 e. The molecule has 0 unspecified atom stereocenters. The van der Waals surface area contributed by atoms with Gasteiger partial charge in [0.05, 0.1) is 24.1 Å². The fraction of sp³-hybridized carbons (Fsp3) is 0.423. The summed E-state index contributed by atoms with van der Waals surface area (Å²) >= 11 is 3.62. The van der Waals surface area contributed by atoms with E-state index in [1.165, 1.54) is 0 Å². The van der Waals surface area contributed by atoms with Gasteiger partial charge in [-0.2, -0.15) is 0 Å². The minimum atomic E-state index is -0.527. The van der Waals surface area contributed by atoms with E-state index in [1.807, 2.05) is 64.1 Å². The Bertz CT molecular complexity index is 1280. The van der Waals surface area contributed by atoms with Crippen molar-refractivity contribution in [3.05, 3.63) is 63.1 Å². The van der Waals surface area contributed by atoms with Gasteiger partial charge in [0.2, 0.25) is 0 Å². The molecule has 1 fully saturated rings. The molecule has 8 nitrogen and oxygen atoms in total. The van der Waals surface area contributed by atoms with Gasteiger partial charge in [-0.3, -0.25) is 14.3 Å². The Balaban J connectivity index is 1.68. The summed E-state index contributed by atoms with van der Waals surface area (Å²) < 4.78 is 13.8. The zero-order chi connectivity index (χ0) is 25.2. The van der Waals surface area contributed by atoms with E-state index in [2.05, 4.69) is 20.8 Å². The highest BCUT2D eigenvalue weighted by Gasteiger charge is 2.27. The second-order valence-corrected chi connectivity index (χ2v) is 10.3. The Morgan fingerprint density at radius 1 is 1.06 bits per heavy atom. The van der Waals surface area contributed by atoms with Gasteiger partial charge in [0.1, 0.15) is 22.9 Å². The molecule has 35 heavy (non-hydrogen) atoms. The lowest BCUT2D eigenvalue weighted by atomic mass is 10.2. The average molecular weight is 543 g/mol. The van der Waals surface area contributed by atoms with Gasteiger partial charge in [-0.15, -0.1) is 0 Å². The number of benzene rings is 2. The zero-order valence-electron chi connectivity index (χ0n) is 20.6. The van der Waals surface area contributed by atoms with Gasteiger partial charge in [-0.25, -0.2) is 9.78 Å². The first-order valence-electron chi connectivity index (χ1n) is 11.8. The van der Waals surface area contributed by atoms with Crippen LogP contribution < -0.4 is 10.3 Å². The van der Waals surface area contributed by atoms with Crippen LogP contribution in [0.2, 0.25) is 0 Å². The van der Waals surface area contributed by atoms with Gasteiger partial charge in [-0.1, -0.05) is 18.2 Å². The molecule has 0 aliphatic carbocycles. The van der Waals surface area contributed by atoms with Gasteiger partial charge in [0.25, 0.3) is 5.56 Å². The maximum atomic E-state index is 13.7. The molecule has 1 aliphatic heterocycles. The molecule has 0 radical (unpaired) electrons. The van der Waals surface area contributed by atoms with Crippen molar-refractivity contribution < 1.29 is 14.3 Å². The predicted molar refractivity (Wildman–Crippen MR) is 139 cm³/mol. The molecule has 1 amide bonds. The molecule has 0 atom stereocenters. The van der Waals surface area contributed by atoms with Crippen LogP contribution in [0.5, 0.6) is 5.75 Å². The van der Waals surface area contributed by atoms with E-state index in [0.717, 1.165) is 4.47 Å². The number of nitrogens with zero attached hydrogens (tertiary/aromatic N) is 4. The molecule has 2 heterocycles. The number of ether oxygens (including phenoxy) is 2. The average Bonchev–Trinajstić information content (AvgIpc) is 2.80. The molecule has 1 aliphatic rings. The summed E-state index contributed by atoms with van der Waals surface area (Å²) in [4.78, 5) is 35.0. The number of amides is 1. The fourth-order valence-corrected chi connectivity index (χ4v) is 4.64. The number of halogens is 1. The number of carbonyl (C=O) groups is 1. The second kappa shape index (κ2) is 10.4. The Morgan fingerprint density at radius 2 is 1.77 bits per heavy atom. The van der Waals surface area contributed by atoms with Crippen LogP contribution in [0.1, 0.15) is 33.5 Å². The summed E-state index contributed by atoms with van der Waals surface area (Å²) in [5, 5.41) is 0.546. The molecule has 186 valence electrons. The number of hydrogen-bond donors (Lipinski definition) is 0. The molecule has 2 aromatic carbocycles. The van der Waals surface area contributed by atoms with Crippen molar-refractivity contribution >= 4 is 32.9 Å². The van der Waals surface area contributed by atoms with Crippen LogP contribution in [0.3, 0.4) is 0 Å². The van der Waals surface area contributed by atoms with Crippen LogP contribution in [0.25, 0.3) is 16.6 Å². The van der Waals surface area contributed by atoms with E-state index in [0.29, 0.717) is 67.5 Å². The number of aromatic nitrogens is 2. The van der Waals surface area contributed by atoms with Crippen molar-refractivity contribution in [2.45, 2.75) is 39.8 Å². The van der Waals surface area contributed by atoms with Crippen LogP contribution in [-0.2, 0) is 11.3 Å². The lowest BCUT2D eigenvalue weighted by molar-refractivity contribution is 0.0136. The van der Waals surface area contributed by atoms with Gasteiger partial charge in [-0.05, 0) is 67.9 Å². The van der Waals surface area contributed by atoms with Crippen LogP contribution >= 0.6 is 15.9 Å². The molecule has 1 saturated heterocycles. The van der Waals surface area contributed by atoms with Crippen molar-refractivity contribution in [3.63, 3.8) is 0 Å². The topological polar surface area (TPSA) is 76.9 Å². The summed E-state index contributed by atoms with van der Waals surface area (Å²) in [6.07, 6.45) is -0.299. The SMILES string of the molecule is CCOc1cccc(Br)c1-n1c(CN2CCN(C(=O)OC(C)(C)C)CC2)nc2ccccc2c1=O. The molecular formula is C26H31BrN4O4. The maximum absolute atomic E-state index is 13.7. The van der Waals surface area contributed by atoms with Crippen LogP contribution in [0.15, 0.2) is 51.7 Å². The Labute approximate surface area is 213 Å². The standard InChI is InChI=1S/C26H31BrN4O4/c1-5-34-21-12-8-10-19(27)23(21)31-22(28-20-11-7-6-9-18(20)24(31)32)17-29-13-15-30(16-14-29)25(33)35-26(2,3)4/h6-12H,5,13-17H2,1-4H3. The third-order valence-electron chi connectivity index (χ3n) is 5.71. The minimum absolute atomic E-state index is 0.147. The summed E-state index contributed by atoms with van der Waals surface area (Å²) in [6.45, 7) is 10.8. The lowest BCUT2D eigenvalue weighted by Gasteiger charge is -2.35. The van der Waals surface area contributed by atoms with Crippen LogP contribution in [0.4, 0.5) is 4.79 Å². The van der Waals surface area contributed by atoms with Crippen molar-refractivity contribution in [2.75, 3.05) is 32.8 Å². The Hall–Kier alpha value is -2.91. The summed E-state index contributed by atoms with van der Waals surface area (Å²) in [6, 6.07) is 13.0. The lowest BCUT2D eigenvalue weighted by Crippen LogP contribution is -2.50. The Kier molecular flexibility index (Phi) is 7.47. The number of piperazine rings is 1. The van der Waals surface area contributed by atoms with Crippen LogP contribution in [0, 0.1) is 0 Å². The van der Waals surface area contributed by atoms with E-state index < -0.39 is 5.60 Å². The predicted octanol–water partition coefficient (Wildman–Crippen LogP) is 4.60. The number of fused-ring (bicyclic) bond motifs is 1. The summed E-state index contributed by atoms with van der Waals surface area (Å²) in [5.74, 6) is 1.23. The summed E-state index contributed by atoms with van der Waals surface area (Å²) in [7, 11) is 0. The fourth-order valence-electron chi connectivity index (χ4n) is 4.11. The third kappa shape index (κ3) is 5.67. The molecule has 0 N–H and O–H groups in total. The number of carbonyl (C=O) groups excluding carboxylic acids is 1. The first kappa shape index (κ1) is 25.2. The molecule has 3 aromatic rings. The van der Waals surface area contributed by atoms with Gasteiger partial charge in [0.15, 0.2) is 0 Å². The van der Waals surface area contributed by atoms with Crippen LogP contribution in [-0.4, -0.2) is 63.8 Å². The van der Waals surface area contributed by atoms with Crippen molar-refractivity contribution in [2.24, 2.45) is 0 Å². The van der Waals surface area contributed by atoms with Crippen molar-refractivity contribution in [3.8, 4) is 11.4 Å². The van der Waals surface area contributed by atoms with Gasteiger partial charge >= 0.3 is 6.09 Å². The highest BCUT2D eigenvalue weighted by Crippen LogP contribution is 2.31. The van der Waals surface area contributed by atoms with E-state index in [-0.39, 0.29) is 11.7 Å². The normalized spacial score (nSPS) is 14.8. The maximum Gasteiger partial charge on any atom is 0.410 e. The van der Waals surface area contributed by atoms with Gasteiger partial charge < -0.3 is 14.4 Å². The quantitative estimate of drug-likeness (QED) is 0.468. The van der Waals surface area contributed by atoms with Crippen molar-refractivity contribution in [1.29, 1.82) is 0 Å². The largest absolute Gasteiger partial charge is 0.492 e. The highest BCUT2D eigenvalue weighted by atomic mass is 79.9. The number of hydrogen-bond acceptors (Lipinski definition) is 6. The molecule has 0 bridgehead atoms. The summed E-state index contributed by atoms with van der Waals surface area (Å²) in [5.41, 5.74) is 0.618. The zero-order valence-corrected chi connectivity index (χ0v) is 22.2. The number of para-hydroxylation sites is 2. The molecule has 9 heteroatoms. The second-order valence-electron chi connectivity index (χ2n) is 9.45. The van der Waals surface area contributed by atoms with E-state index in [9.17, 15) is 9.59 Å². The van der Waals surface area contributed by atoms with Gasteiger partial charge in [0, 0.05) is 30.7 Å². The molecule has 0 saturated carbocycles. The molecule has 1 aromatic heterocycles. The minimum Gasteiger partial charge on any atom is -0.492 e. The first-order chi connectivity index (χ1) is 16.7. The van der Waals surface area contributed by atoms with E-state index >= 15 is 0 Å². The van der Waals surface area contributed by atoms with E-state index in [1.54, 1.807) is 15.5 Å². The highest BCUT2D eigenvalue weighted by molar-refractivity contribution is 9.10. The van der Waals surface area contributed by atoms with Crippen molar-refractivity contribution in [1.82, 2.24) is 19.4 Å². The Morgan fingerprint density at radius 3 is 2.46 bits per heavy atom. The number of rotatable bonds is 5. The molecule has 0 spiro atoms. The monoisotopic (exact) mass is 542 g/mol. The third-order valence-corrected chi connectivity index (χ3v) is 6.35.